The zero-order chi connectivity index (χ0) is 50.6. The monoisotopic (exact) mass is 1000 g/mol. The highest BCUT2D eigenvalue weighted by atomic mass is 16.8. The van der Waals surface area contributed by atoms with Crippen molar-refractivity contribution in [3.05, 3.63) is 108 Å². The molecule has 3 N–H and O–H groups in total. The average molecular weight is 1000 g/mol. The van der Waals surface area contributed by atoms with Gasteiger partial charge in [0.25, 0.3) is 0 Å². The lowest BCUT2D eigenvalue weighted by Gasteiger charge is -2.51. The van der Waals surface area contributed by atoms with Gasteiger partial charge in [-0.2, -0.15) is 0 Å². The van der Waals surface area contributed by atoms with Crippen LogP contribution < -0.4 is 16.0 Å². The molecule has 0 bridgehead atoms. The molecule has 0 spiro atoms. The second-order valence-electron chi connectivity index (χ2n) is 18.9. The minimum atomic E-state index is -1.50. The summed E-state index contributed by atoms with van der Waals surface area (Å²) < 4.78 is 68.3. The highest BCUT2D eigenvalue weighted by Crippen LogP contribution is 2.44. The fourth-order valence-electron chi connectivity index (χ4n) is 10.4. The normalized spacial score (nSPS) is 34.6. The standard InChI is InChI=1S/C51H60N4O17/c1-6-34-36-38(70-50(60)54-36)27(3)46(65-34)72-47-37-42(71-51(61)55(37)5)41-35(66-47)22-26(2)45(69-41)68-40-33(53-49(59)63-25-30-18-12-8-13-19-30)23-32(52-48(58)62-24-29-16-10-7-11-17-29)39(43(40)64-28(4)56)67-44(57)31-20-14-9-15-21-31/h7-21,26-27,32-43,45-47H,6,22-25H2,1-5H3,(H,52,58)(H,53,59)(H,54,60)/t26?,27?,32-,33?,34?,35+,36-,37?,38-,39?,40-,41?,42?,43-,45+,46-,47?/m1/s1. The number of fused-ring (bicyclic) bond motifs is 4. The second-order valence-corrected chi connectivity index (χ2v) is 18.9. The minimum absolute atomic E-state index is 0.0912. The number of amides is 4. The molecule has 6 aliphatic rings. The van der Waals surface area contributed by atoms with E-state index >= 15 is 0 Å². The summed E-state index contributed by atoms with van der Waals surface area (Å²) in [5.74, 6) is -2.50. The summed E-state index contributed by atoms with van der Waals surface area (Å²) in [6.45, 7) is 6.62. The van der Waals surface area contributed by atoms with Crippen LogP contribution in [-0.2, 0) is 70.1 Å². The van der Waals surface area contributed by atoms with Crippen LogP contribution in [-0.4, -0.2) is 140 Å². The van der Waals surface area contributed by atoms with E-state index in [2.05, 4.69) is 16.0 Å². The van der Waals surface area contributed by atoms with Gasteiger partial charge in [0.2, 0.25) is 0 Å². The summed E-state index contributed by atoms with van der Waals surface area (Å²) in [5.41, 5.74) is 1.59. The number of carbonyl (C=O) groups is 6. The van der Waals surface area contributed by atoms with Gasteiger partial charge >= 0.3 is 36.3 Å². The molecule has 4 amide bonds. The number of esters is 2. The molecule has 9 unspecified atom stereocenters. The average Bonchev–Trinajstić information content (AvgIpc) is 3.92. The summed E-state index contributed by atoms with van der Waals surface area (Å²) in [6, 6.07) is 22.7. The molecule has 72 heavy (non-hydrogen) atoms. The molecule has 3 aromatic carbocycles. The molecular formula is C51H60N4O17. The lowest BCUT2D eigenvalue weighted by molar-refractivity contribution is -0.369. The summed E-state index contributed by atoms with van der Waals surface area (Å²) in [4.78, 5) is 81.5. The molecule has 3 aromatic rings. The fraction of sp³-hybridized carbons (Fsp3) is 0.529. The van der Waals surface area contributed by atoms with Gasteiger partial charge in [0.05, 0.1) is 35.9 Å². The molecule has 9 rings (SSSR count). The zero-order valence-electron chi connectivity index (χ0n) is 40.4. The van der Waals surface area contributed by atoms with Crippen LogP contribution >= 0.6 is 0 Å². The minimum Gasteiger partial charge on any atom is -0.456 e. The Hall–Kier alpha value is -6.52. The number of likely N-dealkylation sites (N-methyl/N-ethyl adjacent to an activating group) is 1. The van der Waals surface area contributed by atoms with Crippen molar-refractivity contribution in [3.8, 4) is 0 Å². The summed E-state index contributed by atoms with van der Waals surface area (Å²) in [7, 11) is 1.56. The molecule has 17 atom stereocenters. The lowest BCUT2D eigenvalue weighted by Crippen LogP contribution is -2.69. The van der Waals surface area contributed by atoms with Crippen molar-refractivity contribution in [2.45, 2.75) is 152 Å². The van der Waals surface area contributed by atoms with Gasteiger partial charge in [-0.15, -0.1) is 0 Å². The Morgan fingerprint density at radius 2 is 1.29 bits per heavy atom. The van der Waals surface area contributed by atoms with Crippen molar-refractivity contribution in [2.75, 3.05) is 7.05 Å². The third-order valence-electron chi connectivity index (χ3n) is 14.0. The number of alkyl carbamates (subject to hydrolysis) is 3. The number of hydrogen-bond donors (Lipinski definition) is 3. The Balaban J connectivity index is 0.992. The first-order chi connectivity index (χ1) is 34.7. The van der Waals surface area contributed by atoms with Crippen LogP contribution in [0.25, 0.3) is 0 Å². The van der Waals surface area contributed by atoms with E-state index in [1.807, 2.05) is 32.9 Å². The molecule has 0 aromatic heterocycles. The molecule has 21 nitrogen and oxygen atoms in total. The molecule has 5 aliphatic heterocycles. The summed E-state index contributed by atoms with van der Waals surface area (Å²) in [5, 5.41) is 8.50. The summed E-state index contributed by atoms with van der Waals surface area (Å²) >= 11 is 0. The lowest BCUT2D eigenvalue weighted by atomic mass is 9.82. The smallest absolute Gasteiger partial charge is 0.410 e. The number of nitrogens with one attached hydrogen (secondary N) is 3. The number of rotatable bonds is 14. The van der Waals surface area contributed by atoms with Gasteiger partial charge in [-0.25, -0.2) is 24.0 Å². The van der Waals surface area contributed by atoms with E-state index in [9.17, 15) is 28.8 Å². The molecule has 1 aliphatic carbocycles. The molecule has 6 fully saturated rings. The van der Waals surface area contributed by atoms with Gasteiger partial charge in [0.15, 0.2) is 37.2 Å². The Kier molecular flexibility index (Phi) is 15.5. The van der Waals surface area contributed by atoms with Crippen LogP contribution in [0.4, 0.5) is 19.2 Å². The first kappa shape index (κ1) is 50.4. The van der Waals surface area contributed by atoms with Gasteiger partial charge in [-0.05, 0) is 42.5 Å². The van der Waals surface area contributed by atoms with Crippen molar-refractivity contribution in [1.29, 1.82) is 0 Å². The number of benzene rings is 3. The molecule has 0 radical (unpaired) electrons. The predicted molar refractivity (Wildman–Crippen MR) is 247 cm³/mol. The molecule has 21 heteroatoms. The van der Waals surface area contributed by atoms with Gasteiger partial charge in [0.1, 0.15) is 37.6 Å². The van der Waals surface area contributed by atoms with Gasteiger partial charge in [-0.3, -0.25) is 9.69 Å². The summed E-state index contributed by atoms with van der Waals surface area (Å²) in [6.07, 6.45) is -13.1. The third kappa shape index (κ3) is 11.1. The number of carbonyl (C=O) groups excluding carboxylic acids is 6. The van der Waals surface area contributed by atoms with Crippen LogP contribution in [0, 0.1) is 11.8 Å². The van der Waals surface area contributed by atoms with Crippen molar-refractivity contribution < 1.29 is 80.9 Å². The maximum Gasteiger partial charge on any atom is 0.410 e. The highest BCUT2D eigenvalue weighted by molar-refractivity contribution is 5.89. The Labute approximate surface area is 415 Å². The van der Waals surface area contributed by atoms with E-state index in [-0.39, 0.29) is 37.7 Å². The van der Waals surface area contributed by atoms with E-state index in [4.69, 9.17) is 52.1 Å². The van der Waals surface area contributed by atoms with E-state index < -0.39 is 134 Å². The van der Waals surface area contributed by atoms with Gasteiger partial charge < -0.3 is 68.1 Å². The largest absolute Gasteiger partial charge is 0.456 e. The van der Waals surface area contributed by atoms with Crippen LogP contribution in [0.3, 0.4) is 0 Å². The maximum atomic E-state index is 13.9. The highest BCUT2D eigenvalue weighted by Gasteiger charge is 2.61. The van der Waals surface area contributed by atoms with Crippen LogP contribution in [0.5, 0.6) is 0 Å². The molecular weight excluding hydrogens is 941 g/mol. The van der Waals surface area contributed by atoms with Crippen LogP contribution in [0.2, 0.25) is 0 Å². The molecule has 386 valence electrons. The SMILES string of the molecule is CCC1O[C@H](OC2O[C@H]3CC(C)[C@@H](O[C@@H]4C(NC(=O)OCc5ccccc5)C[C@@H](NC(=O)OCc5ccccc5)C(OC(=O)c5ccccc5)[C@H]4OC(C)=O)OC3C3OC(=O)N(C)C23)C(C)[C@H]2OC(=O)N[C@H]12. The Morgan fingerprint density at radius 3 is 1.90 bits per heavy atom. The number of nitrogens with zero attached hydrogens (tertiary/aromatic N) is 1. The number of ether oxygens (including phenoxy) is 11. The molecule has 5 heterocycles. The topological polar surface area (TPSA) is 243 Å². The molecule has 1 saturated carbocycles. The quantitative estimate of drug-likeness (QED) is 0.141. The first-order valence-corrected chi connectivity index (χ1v) is 24.3. The van der Waals surface area contributed by atoms with Crippen molar-refractivity contribution in [2.24, 2.45) is 11.8 Å². The van der Waals surface area contributed by atoms with E-state index in [0.717, 1.165) is 0 Å². The van der Waals surface area contributed by atoms with Gasteiger partial charge in [0, 0.05) is 25.8 Å². The Morgan fingerprint density at radius 1 is 0.681 bits per heavy atom. The van der Waals surface area contributed by atoms with Crippen molar-refractivity contribution in [1.82, 2.24) is 20.9 Å². The third-order valence-corrected chi connectivity index (χ3v) is 14.0. The fourth-order valence-corrected chi connectivity index (χ4v) is 10.4. The second kappa shape index (κ2) is 22.1. The van der Waals surface area contributed by atoms with Crippen molar-refractivity contribution in [3.63, 3.8) is 0 Å². The Bertz CT molecular complexity index is 2400. The zero-order valence-corrected chi connectivity index (χ0v) is 40.4. The maximum absolute atomic E-state index is 13.9. The van der Waals surface area contributed by atoms with E-state index in [0.29, 0.717) is 17.5 Å². The first-order valence-electron chi connectivity index (χ1n) is 24.3. The number of hydrogen-bond acceptors (Lipinski definition) is 17. The predicted octanol–water partition coefficient (Wildman–Crippen LogP) is 5.08. The van der Waals surface area contributed by atoms with E-state index in [1.165, 1.54) is 11.8 Å². The van der Waals surface area contributed by atoms with Gasteiger partial charge in [-0.1, -0.05) is 99.6 Å². The van der Waals surface area contributed by atoms with Crippen LogP contribution in [0.15, 0.2) is 91.0 Å². The van der Waals surface area contributed by atoms with E-state index in [1.54, 1.807) is 85.9 Å². The molecule has 5 saturated heterocycles. The van der Waals surface area contributed by atoms with Crippen LogP contribution in [0.1, 0.15) is 68.4 Å². The van der Waals surface area contributed by atoms with Crippen molar-refractivity contribution >= 4 is 36.3 Å².